The monoisotopic (exact) mass is 344 g/mol. The zero-order valence-corrected chi connectivity index (χ0v) is 15.7. The van der Waals surface area contributed by atoms with Crippen molar-refractivity contribution in [3.8, 4) is 5.75 Å². The fraction of sp³-hybridized carbons (Fsp3) is 0.667. The van der Waals surface area contributed by atoms with Gasteiger partial charge in [-0.25, -0.2) is 5.90 Å². The standard InChI is InChI=1S/C17H27NO.CH5NO.ClH/c1-4-7-14-15(18-12-5-2)11-10-13-8-6-9-16(19-3)17(13)14;1-3-2;/h6,8-9,14-15,18H,4-5,7,10-12H2,1-3H3;2H2,1H3;1H/t14-,15-;;/m1../s1. The van der Waals surface area contributed by atoms with Crippen LogP contribution >= 0.6 is 12.4 Å². The largest absolute Gasteiger partial charge is 0.496 e. The quantitative estimate of drug-likeness (QED) is 0.770. The third kappa shape index (κ3) is 6.30. The van der Waals surface area contributed by atoms with Gasteiger partial charge in [0.25, 0.3) is 0 Å². The van der Waals surface area contributed by atoms with E-state index < -0.39 is 0 Å². The van der Waals surface area contributed by atoms with E-state index in [2.05, 4.69) is 48.1 Å². The van der Waals surface area contributed by atoms with Gasteiger partial charge in [-0.2, -0.15) is 0 Å². The van der Waals surface area contributed by atoms with Gasteiger partial charge >= 0.3 is 0 Å². The molecular weight excluding hydrogens is 312 g/mol. The van der Waals surface area contributed by atoms with Crippen molar-refractivity contribution in [2.75, 3.05) is 20.8 Å². The van der Waals surface area contributed by atoms with Gasteiger partial charge in [-0.15, -0.1) is 12.4 Å². The molecule has 0 bridgehead atoms. The van der Waals surface area contributed by atoms with Gasteiger partial charge < -0.3 is 14.9 Å². The summed E-state index contributed by atoms with van der Waals surface area (Å²) in [6.45, 7) is 5.63. The third-order valence-electron chi connectivity index (χ3n) is 4.21. The Balaban J connectivity index is 0.00000112. The number of rotatable bonds is 6. The lowest BCUT2D eigenvalue weighted by Crippen LogP contribution is -2.39. The predicted molar refractivity (Wildman–Crippen MR) is 99.5 cm³/mol. The molecule has 0 amide bonds. The second kappa shape index (κ2) is 12.6. The molecule has 1 aliphatic carbocycles. The summed E-state index contributed by atoms with van der Waals surface area (Å²) in [7, 11) is 3.20. The van der Waals surface area contributed by atoms with Crippen LogP contribution in [0, 0.1) is 0 Å². The van der Waals surface area contributed by atoms with Gasteiger partial charge in [0.2, 0.25) is 0 Å². The van der Waals surface area contributed by atoms with Crippen molar-refractivity contribution >= 4 is 12.4 Å². The summed E-state index contributed by atoms with van der Waals surface area (Å²) < 4.78 is 5.61. The van der Waals surface area contributed by atoms with E-state index in [0.717, 1.165) is 12.3 Å². The van der Waals surface area contributed by atoms with Crippen LogP contribution in [0.25, 0.3) is 0 Å². The summed E-state index contributed by atoms with van der Waals surface area (Å²) >= 11 is 0. The van der Waals surface area contributed by atoms with Crippen LogP contribution in [0.5, 0.6) is 5.75 Å². The highest BCUT2D eigenvalue weighted by molar-refractivity contribution is 5.85. The number of aryl methyl sites for hydroxylation is 1. The first kappa shape index (κ1) is 22.2. The maximum absolute atomic E-state index is 5.61. The van der Waals surface area contributed by atoms with Crippen LogP contribution in [0.1, 0.15) is 56.6 Å². The highest BCUT2D eigenvalue weighted by atomic mass is 35.5. The van der Waals surface area contributed by atoms with Gasteiger partial charge in [0.05, 0.1) is 14.2 Å². The highest BCUT2D eigenvalue weighted by Crippen LogP contribution is 2.40. The molecule has 0 radical (unpaired) electrons. The van der Waals surface area contributed by atoms with Crippen LogP contribution in [0.15, 0.2) is 18.2 Å². The number of nitrogens with two attached hydrogens (primary N) is 1. The summed E-state index contributed by atoms with van der Waals surface area (Å²) in [5, 5.41) is 3.74. The molecule has 0 fully saturated rings. The molecule has 5 heteroatoms. The molecule has 0 saturated heterocycles. The van der Waals surface area contributed by atoms with Crippen LogP contribution in [0.4, 0.5) is 0 Å². The fourth-order valence-corrected chi connectivity index (χ4v) is 3.35. The van der Waals surface area contributed by atoms with Crippen molar-refractivity contribution in [2.24, 2.45) is 5.90 Å². The van der Waals surface area contributed by atoms with Crippen molar-refractivity contribution in [3.05, 3.63) is 29.3 Å². The molecule has 0 saturated carbocycles. The molecule has 0 aliphatic heterocycles. The molecule has 2 atom stereocenters. The van der Waals surface area contributed by atoms with E-state index >= 15 is 0 Å². The Morgan fingerprint density at radius 1 is 1.22 bits per heavy atom. The lowest BCUT2D eigenvalue weighted by molar-refractivity contribution is 0.206. The molecule has 134 valence electrons. The maximum Gasteiger partial charge on any atom is 0.122 e. The first-order chi connectivity index (χ1) is 10.7. The smallest absolute Gasteiger partial charge is 0.122 e. The average molecular weight is 345 g/mol. The number of hydrogen-bond acceptors (Lipinski definition) is 4. The van der Waals surface area contributed by atoms with Crippen molar-refractivity contribution in [1.82, 2.24) is 5.32 Å². The predicted octanol–water partition coefficient (Wildman–Crippen LogP) is 3.82. The molecule has 3 N–H and O–H groups in total. The van der Waals surface area contributed by atoms with Crippen LogP contribution in [-0.4, -0.2) is 26.8 Å². The maximum atomic E-state index is 5.61. The van der Waals surface area contributed by atoms with E-state index in [4.69, 9.17) is 4.74 Å². The van der Waals surface area contributed by atoms with Crippen molar-refractivity contribution in [2.45, 2.75) is 57.9 Å². The van der Waals surface area contributed by atoms with E-state index in [1.54, 1.807) is 7.11 Å². The van der Waals surface area contributed by atoms with E-state index in [0.29, 0.717) is 12.0 Å². The Bertz CT molecular complexity index is 415. The normalized spacial score (nSPS) is 19.0. The van der Waals surface area contributed by atoms with Gasteiger partial charge in [0, 0.05) is 17.5 Å². The number of halogens is 1. The van der Waals surface area contributed by atoms with Crippen LogP contribution < -0.4 is 16.0 Å². The zero-order chi connectivity index (χ0) is 16.4. The average Bonchev–Trinajstić information content (AvgIpc) is 2.54. The Kier molecular flexibility index (Phi) is 12.1. The molecule has 1 aromatic rings. The topological polar surface area (TPSA) is 56.5 Å². The van der Waals surface area contributed by atoms with Gasteiger partial charge in [0.1, 0.15) is 5.75 Å². The molecule has 23 heavy (non-hydrogen) atoms. The molecule has 0 unspecified atom stereocenters. The summed E-state index contributed by atoms with van der Waals surface area (Å²) in [4.78, 5) is 3.75. The van der Waals surface area contributed by atoms with Crippen molar-refractivity contribution < 1.29 is 9.57 Å². The Hall–Kier alpha value is -0.810. The van der Waals surface area contributed by atoms with Gasteiger partial charge in [-0.3, -0.25) is 0 Å². The molecule has 1 aromatic carbocycles. The molecule has 0 aromatic heterocycles. The van der Waals surface area contributed by atoms with Gasteiger partial charge in [-0.05, 0) is 43.9 Å². The summed E-state index contributed by atoms with van der Waals surface area (Å²) in [6, 6.07) is 7.13. The number of methoxy groups -OCH3 is 1. The summed E-state index contributed by atoms with van der Waals surface area (Å²) in [5.41, 5.74) is 2.96. The van der Waals surface area contributed by atoms with E-state index in [9.17, 15) is 0 Å². The number of nitrogens with one attached hydrogen (secondary N) is 1. The molecule has 0 heterocycles. The Morgan fingerprint density at radius 3 is 2.48 bits per heavy atom. The van der Waals surface area contributed by atoms with Crippen molar-refractivity contribution in [1.29, 1.82) is 0 Å². The number of ether oxygens (including phenoxy) is 1. The van der Waals surface area contributed by atoms with Gasteiger partial charge in [0.15, 0.2) is 0 Å². The molecule has 2 rings (SSSR count). The second-order valence-corrected chi connectivity index (χ2v) is 5.76. The Morgan fingerprint density at radius 2 is 1.91 bits per heavy atom. The minimum absolute atomic E-state index is 0. The number of benzene rings is 1. The fourth-order valence-electron chi connectivity index (χ4n) is 3.35. The SMILES string of the molecule is CCCN[C@@H]1CCc2cccc(OC)c2[C@@H]1CCC.CON.Cl. The van der Waals surface area contributed by atoms with Crippen molar-refractivity contribution in [3.63, 3.8) is 0 Å². The first-order valence-corrected chi connectivity index (χ1v) is 8.35. The molecule has 0 spiro atoms. The summed E-state index contributed by atoms with van der Waals surface area (Å²) in [6.07, 6.45) is 6.11. The minimum atomic E-state index is 0. The second-order valence-electron chi connectivity index (χ2n) is 5.76. The van der Waals surface area contributed by atoms with Crippen LogP contribution in [0.2, 0.25) is 0 Å². The van der Waals surface area contributed by atoms with E-state index in [1.807, 2.05) is 0 Å². The molecule has 1 aliphatic rings. The number of fused-ring (bicyclic) bond motifs is 1. The Labute approximate surface area is 147 Å². The van der Waals surface area contributed by atoms with E-state index in [1.165, 1.54) is 50.3 Å². The lowest BCUT2D eigenvalue weighted by Gasteiger charge is -2.35. The minimum Gasteiger partial charge on any atom is -0.496 e. The zero-order valence-electron chi connectivity index (χ0n) is 14.9. The lowest BCUT2D eigenvalue weighted by atomic mass is 9.76. The molecular formula is C18H33ClN2O2. The third-order valence-corrected chi connectivity index (χ3v) is 4.21. The molecule has 4 nitrogen and oxygen atoms in total. The van der Waals surface area contributed by atoms with Crippen LogP contribution in [0.3, 0.4) is 0 Å². The van der Waals surface area contributed by atoms with Crippen LogP contribution in [-0.2, 0) is 11.3 Å². The van der Waals surface area contributed by atoms with Gasteiger partial charge in [-0.1, -0.05) is 32.4 Å². The van der Waals surface area contributed by atoms with E-state index in [-0.39, 0.29) is 12.4 Å². The highest BCUT2D eigenvalue weighted by Gasteiger charge is 2.30. The first-order valence-electron chi connectivity index (χ1n) is 8.35. The summed E-state index contributed by atoms with van der Waals surface area (Å²) in [5.74, 6) is 6.04. The number of hydrogen-bond donors (Lipinski definition) is 2.